The molecule has 19 heavy (non-hydrogen) atoms. The first-order chi connectivity index (χ1) is 9.28. The molecular formula is C18H18S. The highest BCUT2D eigenvalue weighted by Gasteiger charge is 1.97. The zero-order valence-electron chi connectivity index (χ0n) is 11.2. The van der Waals surface area contributed by atoms with Gasteiger partial charge < -0.3 is 0 Å². The molecule has 0 bridgehead atoms. The average molecular weight is 266 g/mol. The summed E-state index contributed by atoms with van der Waals surface area (Å²) in [6.45, 7) is 6.01. The fourth-order valence-corrected chi connectivity index (χ4v) is 2.60. The van der Waals surface area contributed by atoms with Crippen LogP contribution in [0.4, 0.5) is 0 Å². The van der Waals surface area contributed by atoms with E-state index in [2.05, 4.69) is 68.1 Å². The molecule has 0 aliphatic carbocycles. The maximum Gasteiger partial charge on any atom is 0.0231 e. The maximum absolute atomic E-state index is 3.91. The summed E-state index contributed by atoms with van der Waals surface area (Å²) in [5.74, 6) is 0.946. The van der Waals surface area contributed by atoms with Crippen molar-refractivity contribution in [2.45, 2.75) is 11.8 Å². The summed E-state index contributed by atoms with van der Waals surface area (Å²) in [6, 6.07) is 19.0. The van der Waals surface area contributed by atoms with E-state index in [0.29, 0.717) is 0 Å². The zero-order chi connectivity index (χ0) is 13.5. The lowest BCUT2D eigenvalue weighted by molar-refractivity contribution is 1.44. The summed E-state index contributed by atoms with van der Waals surface area (Å²) in [5.41, 5.74) is 3.77. The Bertz CT molecular complexity index is 550. The molecule has 0 aliphatic heterocycles. The molecule has 0 unspecified atom stereocenters. The Balaban J connectivity index is 2.04. The summed E-state index contributed by atoms with van der Waals surface area (Å²) >= 11 is 1.84. The van der Waals surface area contributed by atoms with E-state index in [0.717, 1.165) is 5.75 Å². The van der Waals surface area contributed by atoms with E-state index in [1.165, 1.54) is 21.6 Å². The Labute approximate surface area is 119 Å². The first kappa shape index (κ1) is 13.7. The Hall–Kier alpha value is -1.73. The van der Waals surface area contributed by atoms with Gasteiger partial charge in [-0.3, -0.25) is 0 Å². The van der Waals surface area contributed by atoms with Crippen molar-refractivity contribution >= 4 is 17.8 Å². The Morgan fingerprint density at radius 1 is 1.05 bits per heavy atom. The first-order valence-electron chi connectivity index (χ1n) is 6.35. The second-order valence-corrected chi connectivity index (χ2v) is 5.48. The summed E-state index contributed by atoms with van der Waals surface area (Å²) in [7, 11) is 0. The van der Waals surface area contributed by atoms with Gasteiger partial charge in [-0.25, -0.2) is 0 Å². The number of benzene rings is 2. The van der Waals surface area contributed by atoms with E-state index in [9.17, 15) is 0 Å². The first-order valence-corrected chi connectivity index (χ1v) is 7.34. The van der Waals surface area contributed by atoms with Crippen molar-refractivity contribution in [2.24, 2.45) is 0 Å². The van der Waals surface area contributed by atoms with E-state index in [4.69, 9.17) is 0 Å². The lowest BCUT2D eigenvalue weighted by atomic mass is 10.1. The van der Waals surface area contributed by atoms with E-state index >= 15 is 0 Å². The average Bonchev–Trinajstić information content (AvgIpc) is 2.46. The molecule has 0 amide bonds. The fourth-order valence-electron chi connectivity index (χ4n) is 1.72. The third kappa shape index (κ3) is 4.46. The van der Waals surface area contributed by atoms with Crippen LogP contribution in [0.1, 0.15) is 11.1 Å². The van der Waals surface area contributed by atoms with Crippen LogP contribution in [0.25, 0.3) is 6.08 Å². The fraction of sp³-hybridized carbons (Fsp3) is 0.111. The molecule has 0 saturated heterocycles. The predicted molar refractivity (Wildman–Crippen MR) is 86.5 cm³/mol. The van der Waals surface area contributed by atoms with Crippen LogP contribution < -0.4 is 0 Å². The number of thioether (sulfide) groups is 1. The van der Waals surface area contributed by atoms with E-state index in [1.54, 1.807) is 0 Å². The number of aryl methyl sites for hydroxylation is 1. The zero-order valence-corrected chi connectivity index (χ0v) is 12.0. The third-order valence-corrected chi connectivity index (χ3v) is 3.92. The molecule has 0 saturated carbocycles. The van der Waals surface area contributed by atoms with Gasteiger partial charge in [0.25, 0.3) is 0 Å². The van der Waals surface area contributed by atoms with E-state index in [-0.39, 0.29) is 0 Å². The standard InChI is InChI=1S/C18H18S/c1-3-16(13-17-11-9-15(2)10-12-17)14-19-18-7-5-4-6-8-18/h3-13H,1,14H2,2H3/b16-13+. The van der Waals surface area contributed by atoms with Crippen LogP contribution in [0.2, 0.25) is 0 Å². The van der Waals surface area contributed by atoms with Gasteiger partial charge in [0.2, 0.25) is 0 Å². The summed E-state index contributed by atoms with van der Waals surface area (Å²) in [5, 5.41) is 0. The minimum absolute atomic E-state index is 0.946. The summed E-state index contributed by atoms with van der Waals surface area (Å²) < 4.78 is 0. The molecule has 0 radical (unpaired) electrons. The lowest BCUT2D eigenvalue weighted by Crippen LogP contribution is -1.84. The number of hydrogen-bond acceptors (Lipinski definition) is 1. The maximum atomic E-state index is 3.91. The van der Waals surface area contributed by atoms with Gasteiger partial charge in [0, 0.05) is 10.6 Å². The largest absolute Gasteiger partial charge is 0.121 e. The predicted octanol–water partition coefficient (Wildman–Crippen LogP) is 5.36. The molecule has 0 atom stereocenters. The normalized spacial score (nSPS) is 11.3. The molecular weight excluding hydrogens is 248 g/mol. The van der Waals surface area contributed by atoms with E-state index in [1.807, 2.05) is 23.9 Å². The molecule has 0 spiro atoms. The van der Waals surface area contributed by atoms with Crippen molar-refractivity contribution in [1.82, 2.24) is 0 Å². The van der Waals surface area contributed by atoms with Gasteiger partial charge in [-0.05, 0) is 30.2 Å². The van der Waals surface area contributed by atoms with Gasteiger partial charge in [-0.2, -0.15) is 0 Å². The van der Waals surface area contributed by atoms with Crippen LogP contribution in [0.15, 0.2) is 77.7 Å². The van der Waals surface area contributed by atoms with Crippen LogP contribution >= 0.6 is 11.8 Å². The third-order valence-electron chi connectivity index (χ3n) is 2.84. The SMILES string of the molecule is C=C/C(=C\c1ccc(C)cc1)CSc1ccccc1. The van der Waals surface area contributed by atoms with Crippen LogP contribution in [-0.2, 0) is 0 Å². The number of hydrogen-bond donors (Lipinski definition) is 0. The van der Waals surface area contributed by atoms with Crippen molar-refractivity contribution in [3.63, 3.8) is 0 Å². The molecule has 2 aromatic rings. The topological polar surface area (TPSA) is 0 Å². The van der Waals surface area contributed by atoms with Gasteiger partial charge in [0.05, 0.1) is 0 Å². The molecule has 0 N–H and O–H groups in total. The molecule has 0 aromatic heterocycles. The molecule has 0 fully saturated rings. The van der Waals surface area contributed by atoms with Crippen LogP contribution in [0, 0.1) is 6.92 Å². The molecule has 0 aliphatic rings. The van der Waals surface area contributed by atoms with Gasteiger partial charge in [0.15, 0.2) is 0 Å². The van der Waals surface area contributed by atoms with Crippen molar-refractivity contribution in [2.75, 3.05) is 5.75 Å². The second-order valence-electron chi connectivity index (χ2n) is 4.44. The molecule has 96 valence electrons. The lowest BCUT2D eigenvalue weighted by Gasteiger charge is -2.03. The van der Waals surface area contributed by atoms with Gasteiger partial charge in [-0.15, -0.1) is 11.8 Å². The number of rotatable bonds is 5. The van der Waals surface area contributed by atoms with Crippen molar-refractivity contribution < 1.29 is 0 Å². The highest BCUT2D eigenvalue weighted by Crippen LogP contribution is 2.21. The number of allylic oxidation sites excluding steroid dienone is 1. The minimum atomic E-state index is 0.946. The summed E-state index contributed by atoms with van der Waals surface area (Å²) in [4.78, 5) is 1.29. The Morgan fingerprint density at radius 2 is 1.74 bits per heavy atom. The van der Waals surface area contributed by atoms with Crippen LogP contribution in [0.3, 0.4) is 0 Å². The molecule has 1 heteroatoms. The molecule has 2 rings (SSSR count). The Morgan fingerprint density at radius 3 is 2.37 bits per heavy atom. The van der Waals surface area contributed by atoms with Gasteiger partial charge in [0.1, 0.15) is 0 Å². The summed E-state index contributed by atoms with van der Waals surface area (Å²) in [6.07, 6.45) is 4.14. The molecule has 0 heterocycles. The van der Waals surface area contributed by atoms with Crippen molar-refractivity contribution in [1.29, 1.82) is 0 Å². The quantitative estimate of drug-likeness (QED) is 0.519. The van der Waals surface area contributed by atoms with Crippen molar-refractivity contribution in [3.8, 4) is 0 Å². The van der Waals surface area contributed by atoms with Gasteiger partial charge in [-0.1, -0.05) is 66.8 Å². The van der Waals surface area contributed by atoms with Crippen LogP contribution in [-0.4, -0.2) is 5.75 Å². The highest BCUT2D eigenvalue weighted by atomic mass is 32.2. The molecule has 0 nitrogen and oxygen atoms in total. The van der Waals surface area contributed by atoms with Gasteiger partial charge >= 0.3 is 0 Å². The monoisotopic (exact) mass is 266 g/mol. The molecule has 2 aromatic carbocycles. The van der Waals surface area contributed by atoms with Crippen molar-refractivity contribution in [3.05, 3.63) is 84.0 Å². The van der Waals surface area contributed by atoms with Crippen LogP contribution in [0.5, 0.6) is 0 Å². The Kier molecular flexibility index (Phi) is 5.05. The van der Waals surface area contributed by atoms with E-state index < -0.39 is 0 Å². The highest BCUT2D eigenvalue weighted by molar-refractivity contribution is 7.99. The smallest absolute Gasteiger partial charge is 0.0231 e. The minimum Gasteiger partial charge on any atom is -0.121 e. The second kappa shape index (κ2) is 7.01.